The van der Waals surface area contributed by atoms with Crippen molar-refractivity contribution in [2.24, 2.45) is 0 Å². The summed E-state index contributed by atoms with van der Waals surface area (Å²) in [7, 11) is -4.07. The summed E-state index contributed by atoms with van der Waals surface area (Å²) in [5, 5.41) is 18.7. The first-order chi connectivity index (χ1) is 17.1. The number of hydrogen-bond acceptors (Lipinski definition) is 7. The van der Waals surface area contributed by atoms with Crippen molar-refractivity contribution in [1.82, 2.24) is 19.4 Å². The van der Waals surface area contributed by atoms with Crippen LogP contribution in [0.1, 0.15) is 42.7 Å². The Labute approximate surface area is 208 Å². The highest BCUT2D eigenvalue weighted by Crippen LogP contribution is 2.37. The van der Waals surface area contributed by atoms with Gasteiger partial charge in [-0.25, -0.2) is 8.42 Å². The fraction of sp³-hybridized carbons (Fsp3) is 0.333. The van der Waals surface area contributed by atoms with E-state index in [0.717, 1.165) is 6.07 Å². The van der Waals surface area contributed by atoms with Gasteiger partial charge in [0.2, 0.25) is 15.9 Å². The van der Waals surface area contributed by atoms with Crippen LogP contribution in [0.2, 0.25) is 0 Å². The molecule has 1 N–H and O–H groups in total. The second kappa shape index (κ2) is 10.1. The molecule has 2 heterocycles. The lowest BCUT2D eigenvalue weighted by Crippen LogP contribution is -2.30. The maximum absolute atomic E-state index is 13.4. The van der Waals surface area contributed by atoms with E-state index in [9.17, 15) is 23.3 Å². The molecule has 2 aromatic carbocycles. The highest BCUT2D eigenvalue weighted by atomic mass is 32.2. The average molecular weight is 514 g/mol. The van der Waals surface area contributed by atoms with Crippen molar-refractivity contribution in [2.75, 3.05) is 13.1 Å². The topological polar surface area (TPSA) is 137 Å². The van der Waals surface area contributed by atoms with Crippen LogP contribution in [0.4, 0.5) is 5.69 Å². The third-order valence-electron chi connectivity index (χ3n) is 5.73. The number of nitrogens with one attached hydrogen (secondary N) is 1. The molecular weight excluding hydrogens is 486 g/mol. The molecule has 1 saturated heterocycles. The second-order valence-electron chi connectivity index (χ2n) is 8.76. The van der Waals surface area contributed by atoms with Gasteiger partial charge in [-0.3, -0.25) is 14.9 Å². The molecule has 1 fully saturated rings. The van der Waals surface area contributed by atoms with Gasteiger partial charge in [0.25, 0.3) is 11.6 Å². The predicted molar refractivity (Wildman–Crippen MR) is 132 cm³/mol. The van der Waals surface area contributed by atoms with Crippen LogP contribution in [0.25, 0.3) is 5.69 Å². The van der Waals surface area contributed by atoms with Crippen LogP contribution in [0, 0.1) is 17.0 Å². The first-order valence-corrected chi connectivity index (χ1v) is 13.0. The summed E-state index contributed by atoms with van der Waals surface area (Å²) in [4.78, 5) is 23.3. The number of rotatable bonds is 8. The summed E-state index contributed by atoms with van der Waals surface area (Å²) in [5.41, 5.74) is 0.726. The van der Waals surface area contributed by atoms with E-state index in [1.807, 2.05) is 19.9 Å². The van der Waals surface area contributed by atoms with Gasteiger partial charge in [0.05, 0.1) is 10.6 Å². The Morgan fingerprint density at radius 3 is 2.42 bits per heavy atom. The molecule has 0 atom stereocenters. The monoisotopic (exact) mass is 513 g/mol. The molecule has 1 amide bonds. The molecule has 3 aromatic rings. The summed E-state index contributed by atoms with van der Waals surface area (Å²) in [6, 6.07) is 12.3. The van der Waals surface area contributed by atoms with E-state index in [0.29, 0.717) is 37.2 Å². The second-order valence-corrected chi connectivity index (χ2v) is 10.7. The quantitative estimate of drug-likeness (QED) is 0.357. The zero-order chi connectivity index (χ0) is 26.0. The standard InChI is InChI=1S/C24H27N5O6S/c1-16(2)25-23(30)22-17(3)24(28(26-22)18-9-5-4-6-10-18)35-20-12-11-19(29(31)32)15-21(20)36(33,34)27-13-7-8-14-27/h4-6,9-12,15-16H,7-8,13-14H2,1-3H3,(H,25,30). The Hall–Kier alpha value is -3.77. The Balaban J connectivity index is 1.86. The van der Waals surface area contributed by atoms with Gasteiger partial charge in [-0.15, -0.1) is 0 Å². The summed E-state index contributed by atoms with van der Waals surface area (Å²) in [6.07, 6.45) is 1.41. The maximum Gasteiger partial charge on any atom is 0.272 e. The number of para-hydroxylation sites is 1. The average Bonchev–Trinajstić information content (AvgIpc) is 3.49. The fourth-order valence-electron chi connectivity index (χ4n) is 3.96. The van der Waals surface area contributed by atoms with E-state index in [-0.39, 0.29) is 33.9 Å². The van der Waals surface area contributed by atoms with Crippen LogP contribution in [-0.4, -0.2) is 52.5 Å². The minimum Gasteiger partial charge on any atom is -0.437 e. The molecule has 190 valence electrons. The number of carbonyl (C=O) groups excluding carboxylic acids is 1. The molecule has 4 rings (SSSR count). The van der Waals surface area contributed by atoms with Crippen molar-refractivity contribution in [1.29, 1.82) is 0 Å². The molecule has 1 aliphatic heterocycles. The lowest BCUT2D eigenvalue weighted by molar-refractivity contribution is -0.385. The highest BCUT2D eigenvalue weighted by molar-refractivity contribution is 7.89. The number of sulfonamides is 1. The normalized spacial score (nSPS) is 14.2. The number of nitrogens with zero attached hydrogens (tertiary/aromatic N) is 4. The minimum absolute atomic E-state index is 0.0940. The van der Waals surface area contributed by atoms with E-state index < -0.39 is 20.9 Å². The van der Waals surface area contributed by atoms with Gasteiger partial charge >= 0.3 is 0 Å². The molecule has 0 saturated carbocycles. The van der Waals surface area contributed by atoms with Crippen molar-refractivity contribution < 1.29 is 22.9 Å². The Kier molecular flexibility index (Phi) is 7.09. The number of benzene rings is 2. The summed E-state index contributed by atoms with van der Waals surface area (Å²) in [6.45, 7) is 5.95. The molecule has 36 heavy (non-hydrogen) atoms. The molecule has 0 aliphatic carbocycles. The predicted octanol–water partition coefficient (Wildman–Crippen LogP) is 3.80. The molecule has 0 bridgehead atoms. The van der Waals surface area contributed by atoms with Gasteiger partial charge in [0.15, 0.2) is 5.69 Å². The molecular formula is C24H27N5O6S. The van der Waals surface area contributed by atoms with Crippen LogP contribution in [-0.2, 0) is 10.0 Å². The lowest BCUT2D eigenvalue weighted by atomic mass is 10.2. The van der Waals surface area contributed by atoms with Gasteiger partial charge in [-0.2, -0.15) is 14.1 Å². The number of hydrogen-bond donors (Lipinski definition) is 1. The van der Waals surface area contributed by atoms with E-state index in [4.69, 9.17) is 4.74 Å². The third kappa shape index (κ3) is 4.95. The zero-order valence-corrected chi connectivity index (χ0v) is 21.0. The van der Waals surface area contributed by atoms with E-state index in [2.05, 4.69) is 10.4 Å². The maximum atomic E-state index is 13.4. The molecule has 0 spiro atoms. The van der Waals surface area contributed by atoms with Crippen LogP contribution >= 0.6 is 0 Å². The molecule has 0 unspecified atom stereocenters. The van der Waals surface area contributed by atoms with Crippen molar-refractivity contribution in [3.05, 3.63) is 69.9 Å². The number of non-ortho nitro benzene ring substituents is 1. The first-order valence-electron chi connectivity index (χ1n) is 11.5. The summed E-state index contributed by atoms with van der Waals surface area (Å²) >= 11 is 0. The molecule has 0 radical (unpaired) electrons. The van der Waals surface area contributed by atoms with Crippen LogP contribution in [0.15, 0.2) is 53.4 Å². The Bertz CT molecular complexity index is 1400. The van der Waals surface area contributed by atoms with Gasteiger partial charge in [-0.1, -0.05) is 18.2 Å². The molecule has 12 heteroatoms. The fourth-order valence-corrected chi connectivity index (χ4v) is 5.61. The Morgan fingerprint density at radius 2 is 1.81 bits per heavy atom. The van der Waals surface area contributed by atoms with Crippen molar-refractivity contribution in [3.63, 3.8) is 0 Å². The van der Waals surface area contributed by atoms with Gasteiger partial charge in [0.1, 0.15) is 10.6 Å². The van der Waals surface area contributed by atoms with Gasteiger partial charge < -0.3 is 10.1 Å². The third-order valence-corrected chi connectivity index (χ3v) is 7.65. The largest absolute Gasteiger partial charge is 0.437 e. The van der Waals surface area contributed by atoms with Crippen molar-refractivity contribution in [3.8, 4) is 17.3 Å². The van der Waals surface area contributed by atoms with E-state index >= 15 is 0 Å². The van der Waals surface area contributed by atoms with Crippen LogP contribution < -0.4 is 10.1 Å². The molecule has 11 nitrogen and oxygen atoms in total. The molecule has 1 aromatic heterocycles. The number of amides is 1. The highest BCUT2D eigenvalue weighted by Gasteiger charge is 2.33. The number of ether oxygens (including phenoxy) is 1. The van der Waals surface area contributed by atoms with Crippen molar-refractivity contribution in [2.45, 2.75) is 44.6 Å². The number of nitro groups is 1. The summed E-state index contributed by atoms with van der Waals surface area (Å²) in [5.74, 6) is -0.374. The summed E-state index contributed by atoms with van der Waals surface area (Å²) < 4.78 is 35.7. The number of aromatic nitrogens is 2. The number of carbonyl (C=O) groups is 1. The zero-order valence-electron chi connectivity index (χ0n) is 20.2. The lowest BCUT2D eigenvalue weighted by Gasteiger charge is -2.18. The van der Waals surface area contributed by atoms with Crippen LogP contribution in [0.3, 0.4) is 0 Å². The SMILES string of the molecule is Cc1c(C(=O)NC(C)C)nn(-c2ccccc2)c1Oc1ccc([N+](=O)[O-])cc1S(=O)(=O)N1CCCC1. The first kappa shape index (κ1) is 25.3. The Morgan fingerprint density at radius 1 is 1.14 bits per heavy atom. The van der Waals surface area contributed by atoms with Gasteiger partial charge in [-0.05, 0) is 51.8 Å². The van der Waals surface area contributed by atoms with Crippen molar-refractivity contribution >= 4 is 21.6 Å². The number of nitro benzene ring substituents is 1. The van der Waals surface area contributed by atoms with E-state index in [1.54, 1.807) is 31.2 Å². The van der Waals surface area contributed by atoms with E-state index in [1.165, 1.54) is 21.1 Å². The minimum atomic E-state index is -4.07. The van der Waals surface area contributed by atoms with Gasteiger partial charge in [0, 0.05) is 36.8 Å². The smallest absolute Gasteiger partial charge is 0.272 e. The molecule has 1 aliphatic rings. The van der Waals surface area contributed by atoms with Crippen LogP contribution in [0.5, 0.6) is 11.6 Å².